The van der Waals surface area contributed by atoms with Crippen molar-refractivity contribution in [2.45, 2.75) is 13.5 Å². The molecule has 0 spiro atoms. The predicted molar refractivity (Wildman–Crippen MR) is 90.6 cm³/mol. The summed E-state index contributed by atoms with van der Waals surface area (Å²) >= 11 is 9.53. The maximum atomic E-state index is 6.05. The Labute approximate surface area is 138 Å². The molecule has 2 aromatic carbocycles. The van der Waals surface area contributed by atoms with Crippen molar-refractivity contribution in [1.82, 2.24) is 0 Å². The van der Waals surface area contributed by atoms with Crippen LogP contribution in [0.2, 0.25) is 5.02 Å². The topological polar surface area (TPSA) is 30.5 Å². The third-order valence-corrected chi connectivity index (χ3v) is 3.68. The van der Waals surface area contributed by atoms with Crippen molar-refractivity contribution in [3.8, 4) is 11.5 Å². The van der Waals surface area contributed by atoms with Crippen LogP contribution in [0.3, 0.4) is 0 Å². The molecule has 5 heteroatoms. The molecule has 1 N–H and O–H groups in total. The van der Waals surface area contributed by atoms with Crippen LogP contribution < -0.4 is 14.8 Å². The van der Waals surface area contributed by atoms with Gasteiger partial charge in [-0.05, 0) is 43.3 Å². The standard InChI is InChI=1S/C16H17BrClNO2/c1-3-21-16-7-5-13(18)9-14(16)19-10-11-8-12(17)4-6-15(11)20-2/h4-9,19H,3,10H2,1-2H3. The average molecular weight is 371 g/mol. The molecular formula is C16H17BrClNO2. The molecular weight excluding hydrogens is 354 g/mol. The van der Waals surface area contributed by atoms with Gasteiger partial charge in [-0.1, -0.05) is 27.5 Å². The molecule has 0 atom stereocenters. The average Bonchev–Trinajstić information content (AvgIpc) is 2.48. The molecule has 0 bridgehead atoms. The zero-order valence-electron chi connectivity index (χ0n) is 12.0. The number of halogens is 2. The molecule has 0 aliphatic heterocycles. The maximum absolute atomic E-state index is 6.05. The van der Waals surface area contributed by atoms with Gasteiger partial charge in [-0.15, -0.1) is 0 Å². The van der Waals surface area contributed by atoms with Crippen LogP contribution in [0.4, 0.5) is 5.69 Å². The highest BCUT2D eigenvalue weighted by atomic mass is 79.9. The summed E-state index contributed by atoms with van der Waals surface area (Å²) < 4.78 is 12.0. The minimum absolute atomic E-state index is 0.608. The van der Waals surface area contributed by atoms with Gasteiger partial charge < -0.3 is 14.8 Å². The fourth-order valence-corrected chi connectivity index (χ4v) is 2.58. The van der Waals surface area contributed by atoms with Crippen molar-refractivity contribution in [1.29, 1.82) is 0 Å². The molecule has 2 rings (SSSR count). The summed E-state index contributed by atoms with van der Waals surface area (Å²) in [7, 11) is 1.66. The van der Waals surface area contributed by atoms with E-state index in [0.29, 0.717) is 18.2 Å². The fraction of sp³-hybridized carbons (Fsp3) is 0.250. The van der Waals surface area contributed by atoms with Gasteiger partial charge in [-0.25, -0.2) is 0 Å². The normalized spacial score (nSPS) is 10.3. The van der Waals surface area contributed by atoms with Crippen LogP contribution >= 0.6 is 27.5 Å². The van der Waals surface area contributed by atoms with E-state index in [9.17, 15) is 0 Å². The first-order valence-corrected chi connectivity index (χ1v) is 7.79. The minimum Gasteiger partial charge on any atom is -0.496 e. The highest BCUT2D eigenvalue weighted by Crippen LogP contribution is 2.30. The predicted octanol–water partition coefficient (Wildman–Crippen LogP) is 5.12. The van der Waals surface area contributed by atoms with E-state index < -0.39 is 0 Å². The monoisotopic (exact) mass is 369 g/mol. The van der Waals surface area contributed by atoms with E-state index >= 15 is 0 Å². The van der Waals surface area contributed by atoms with Gasteiger partial charge in [0.25, 0.3) is 0 Å². The summed E-state index contributed by atoms with van der Waals surface area (Å²) in [6.45, 7) is 3.18. The Balaban J connectivity index is 2.19. The Morgan fingerprint density at radius 1 is 1.14 bits per heavy atom. The third-order valence-electron chi connectivity index (χ3n) is 2.95. The number of nitrogens with one attached hydrogen (secondary N) is 1. The highest BCUT2D eigenvalue weighted by Gasteiger charge is 2.07. The third kappa shape index (κ3) is 4.29. The molecule has 0 aliphatic carbocycles. The quantitative estimate of drug-likeness (QED) is 0.765. The van der Waals surface area contributed by atoms with Gasteiger partial charge in [0, 0.05) is 21.6 Å². The number of rotatable bonds is 6. The number of anilines is 1. The summed E-state index contributed by atoms with van der Waals surface area (Å²) in [5.74, 6) is 1.63. The molecule has 112 valence electrons. The van der Waals surface area contributed by atoms with E-state index in [2.05, 4.69) is 21.2 Å². The van der Waals surface area contributed by atoms with Gasteiger partial charge in [-0.2, -0.15) is 0 Å². The van der Waals surface area contributed by atoms with Crippen molar-refractivity contribution in [2.24, 2.45) is 0 Å². The SMILES string of the molecule is CCOc1ccc(Cl)cc1NCc1cc(Br)ccc1OC. The van der Waals surface area contributed by atoms with E-state index in [4.69, 9.17) is 21.1 Å². The van der Waals surface area contributed by atoms with Gasteiger partial charge in [0.2, 0.25) is 0 Å². The van der Waals surface area contributed by atoms with Crippen LogP contribution in [0.1, 0.15) is 12.5 Å². The van der Waals surface area contributed by atoms with Crippen molar-refractivity contribution in [2.75, 3.05) is 19.0 Å². The lowest BCUT2D eigenvalue weighted by Crippen LogP contribution is -2.04. The van der Waals surface area contributed by atoms with Crippen LogP contribution in [0.5, 0.6) is 11.5 Å². The van der Waals surface area contributed by atoms with Crippen LogP contribution in [0, 0.1) is 0 Å². The molecule has 0 heterocycles. The molecule has 0 fully saturated rings. The Morgan fingerprint density at radius 3 is 2.62 bits per heavy atom. The summed E-state index contributed by atoms with van der Waals surface area (Å²) in [4.78, 5) is 0. The highest BCUT2D eigenvalue weighted by molar-refractivity contribution is 9.10. The Kier molecular flexibility index (Phi) is 5.76. The molecule has 21 heavy (non-hydrogen) atoms. The maximum Gasteiger partial charge on any atom is 0.142 e. The first kappa shape index (κ1) is 16.0. The molecule has 3 nitrogen and oxygen atoms in total. The van der Waals surface area contributed by atoms with Crippen LogP contribution in [-0.2, 0) is 6.54 Å². The van der Waals surface area contributed by atoms with Crippen molar-refractivity contribution >= 4 is 33.2 Å². The summed E-state index contributed by atoms with van der Waals surface area (Å²) in [6, 6.07) is 11.5. The van der Waals surface area contributed by atoms with E-state index in [0.717, 1.165) is 27.2 Å². The Hall–Kier alpha value is -1.39. The smallest absolute Gasteiger partial charge is 0.142 e. The summed E-state index contributed by atoms with van der Waals surface area (Å²) in [5.41, 5.74) is 1.92. The first-order valence-electron chi connectivity index (χ1n) is 6.62. The second-order valence-corrected chi connectivity index (χ2v) is 5.74. The second-order valence-electron chi connectivity index (χ2n) is 4.38. The van der Waals surface area contributed by atoms with Gasteiger partial charge in [0.15, 0.2) is 0 Å². The zero-order valence-corrected chi connectivity index (χ0v) is 14.3. The van der Waals surface area contributed by atoms with Crippen LogP contribution in [0.15, 0.2) is 40.9 Å². The van der Waals surface area contributed by atoms with E-state index in [-0.39, 0.29) is 0 Å². The molecule has 0 amide bonds. The van der Waals surface area contributed by atoms with E-state index in [1.54, 1.807) is 7.11 Å². The first-order chi connectivity index (χ1) is 10.1. The molecule has 0 aliphatic rings. The number of ether oxygens (including phenoxy) is 2. The molecule has 0 unspecified atom stereocenters. The minimum atomic E-state index is 0.608. The van der Waals surface area contributed by atoms with Crippen molar-refractivity contribution < 1.29 is 9.47 Å². The van der Waals surface area contributed by atoms with Crippen molar-refractivity contribution in [3.05, 3.63) is 51.5 Å². The van der Waals surface area contributed by atoms with Gasteiger partial charge >= 0.3 is 0 Å². The van der Waals surface area contributed by atoms with Crippen LogP contribution in [0.25, 0.3) is 0 Å². The number of hydrogen-bond donors (Lipinski definition) is 1. The number of benzene rings is 2. The molecule has 0 radical (unpaired) electrons. The van der Waals surface area contributed by atoms with E-state index in [1.807, 2.05) is 43.3 Å². The summed E-state index contributed by atoms with van der Waals surface area (Å²) in [6.07, 6.45) is 0. The Morgan fingerprint density at radius 2 is 1.90 bits per heavy atom. The molecule has 0 aromatic heterocycles. The lowest BCUT2D eigenvalue weighted by Gasteiger charge is -2.14. The van der Waals surface area contributed by atoms with Gasteiger partial charge in [0.1, 0.15) is 11.5 Å². The molecule has 0 saturated carbocycles. The lowest BCUT2D eigenvalue weighted by molar-refractivity contribution is 0.341. The van der Waals surface area contributed by atoms with Crippen LogP contribution in [-0.4, -0.2) is 13.7 Å². The molecule has 0 saturated heterocycles. The lowest BCUT2D eigenvalue weighted by atomic mass is 10.2. The number of methoxy groups -OCH3 is 1. The fourth-order valence-electron chi connectivity index (χ4n) is 2.00. The summed E-state index contributed by atoms with van der Waals surface area (Å²) in [5, 5.41) is 4.02. The Bertz CT molecular complexity index is 619. The largest absolute Gasteiger partial charge is 0.496 e. The molecule has 2 aromatic rings. The van der Waals surface area contributed by atoms with E-state index in [1.165, 1.54) is 0 Å². The van der Waals surface area contributed by atoms with Gasteiger partial charge in [0.05, 0.1) is 19.4 Å². The second kappa shape index (κ2) is 7.57. The zero-order chi connectivity index (χ0) is 15.2. The van der Waals surface area contributed by atoms with Crippen molar-refractivity contribution in [3.63, 3.8) is 0 Å². The van der Waals surface area contributed by atoms with Gasteiger partial charge in [-0.3, -0.25) is 0 Å². The number of hydrogen-bond acceptors (Lipinski definition) is 3.